The Labute approximate surface area is 158 Å². The number of sulfonamides is 1. The Morgan fingerprint density at radius 2 is 1.96 bits per heavy atom. The van der Waals surface area contributed by atoms with Crippen molar-refractivity contribution in [2.75, 3.05) is 19.6 Å². The fourth-order valence-electron chi connectivity index (χ4n) is 4.00. The van der Waals surface area contributed by atoms with Crippen molar-refractivity contribution in [1.82, 2.24) is 9.21 Å². The maximum absolute atomic E-state index is 13.3. The zero-order valence-corrected chi connectivity index (χ0v) is 16.2. The Morgan fingerprint density at radius 1 is 1.15 bits per heavy atom. The highest BCUT2D eigenvalue weighted by atomic mass is 32.2. The van der Waals surface area contributed by atoms with Gasteiger partial charge in [-0.2, -0.15) is 0 Å². The summed E-state index contributed by atoms with van der Waals surface area (Å²) in [5.74, 6) is -0.522. The first-order chi connectivity index (χ1) is 12.5. The number of benzene rings is 1. The summed E-state index contributed by atoms with van der Waals surface area (Å²) in [5, 5.41) is 2.16. The van der Waals surface area contributed by atoms with Crippen LogP contribution in [0.25, 0.3) is 0 Å². The van der Waals surface area contributed by atoms with E-state index in [-0.39, 0.29) is 5.75 Å². The predicted molar refractivity (Wildman–Crippen MR) is 102 cm³/mol. The van der Waals surface area contributed by atoms with E-state index in [4.69, 9.17) is 0 Å². The zero-order chi connectivity index (χ0) is 18.1. The maximum Gasteiger partial charge on any atom is 0.218 e. The minimum absolute atomic E-state index is 0.128. The molecule has 1 saturated heterocycles. The highest BCUT2D eigenvalue weighted by Gasteiger charge is 2.32. The molecule has 0 unspecified atom stereocenters. The van der Waals surface area contributed by atoms with Crippen LogP contribution in [-0.4, -0.2) is 43.3 Å². The summed E-state index contributed by atoms with van der Waals surface area (Å²) in [5.41, 5.74) is 1.94. The third kappa shape index (κ3) is 3.86. The van der Waals surface area contributed by atoms with Gasteiger partial charge in [0, 0.05) is 37.1 Å². The lowest BCUT2D eigenvalue weighted by Crippen LogP contribution is -2.48. The second-order valence-corrected chi connectivity index (χ2v) is 10.1. The minimum Gasteiger partial charge on any atom is -0.296 e. The standard InChI is InChI=1S/C19H23FN2O2S2/c20-17-3-1-2-15(12-17)14-26(23,24)22-9-4-18(5-10-22)21-8-6-19-16(13-21)7-11-25-19/h1-3,7,11-12,18H,4-6,8-10,13-14H2. The average molecular weight is 395 g/mol. The summed E-state index contributed by atoms with van der Waals surface area (Å²) in [6.45, 7) is 3.15. The Morgan fingerprint density at radius 3 is 2.73 bits per heavy atom. The summed E-state index contributed by atoms with van der Waals surface area (Å²) >= 11 is 1.84. The van der Waals surface area contributed by atoms with Gasteiger partial charge in [-0.05, 0) is 54.0 Å². The van der Waals surface area contributed by atoms with E-state index in [1.165, 1.54) is 22.6 Å². The molecule has 4 nitrogen and oxygen atoms in total. The lowest BCUT2D eigenvalue weighted by Gasteiger charge is -2.39. The molecule has 26 heavy (non-hydrogen) atoms. The maximum atomic E-state index is 13.3. The largest absolute Gasteiger partial charge is 0.296 e. The van der Waals surface area contributed by atoms with E-state index in [9.17, 15) is 12.8 Å². The van der Waals surface area contributed by atoms with Crippen molar-refractivity contribution in [3.05, 3.63) is 57.5 Å². The second-order valence-electron chi connectivity index (χ2n) is 7.11. The van der Waals surface area contributed by atoms with Crippen molar-refractivity contribution in [3.63, 3.8) is 0 Å². The molecule has 2 aromatic rings. The molecular formula is C19H23FN2O2S2. The molecule has 1 aromatic heterocycles. The van der Waals surface area contributed by atoms with Crippen LogP contribution >= 0.6 is 11.3 Å². The van der Waals surface area contributed by atoms with Crippen LogP contribution in [0.2, 0.25) is 0 Å². The van der Waals surface area contributed by atoms with Crippen LogP contribution in [-0.2, 0) is 28.7 Å². The van der Waals surface area contributed by atoms with Crippen LogP contribution in [0.4, 0.5) is 4.39 Å². The van der Waals surface area contributed by atoms with Crippen LogP contribution in [0.1, 0.15) is 28.8 Å². The van der Waals surface area contributed by atoms with Crippen molar-refractivity contribution in [3.8, 4) is 0 Å². The van der Waals surface area contributed by atoms with Gasteiger partial charge in [0.15, 0.2) is 0 Å². The Bertz CT molecular complexity index is 873. The molecule has 0 radical (unpaired) electrons. The molecule has 140 valence electrons. The van der Waals surface area contributed by atoms with E-state index in [1.807, 2.05) is 11.3 Å². The lowest BCUT2D eigenvalue weighted by molar-refractivity contribution is 0.127. The Kier molecular flexibility index (Phi) is 5.14. The van der Waals surface area contributed by atoms with Crippen molar-refractivity contribution in [2.24, 2.45) is 0 Å². The third-order valence-corrected chi connectivity index (χ3v) is 8.28. The molecule has 0 spiro atoms. The average Bonchev–Trinajstić information content (AvgIpc) is 3.09. The molecular weight excluding hydrogens is 371 g/mol. The van der Waals surface area contributed by atoms with Gasteiger partial charge in [0.05, 0.1) is 5.75 Å². The molecule has 4 rings (SSSR count). The van der Waals surface area contributed by atoms with Crippen molar-refractivity contribution >= 4 is 21.4 Å². The lowest BCUT2D eigenvalue weighted by atomic mass is 10.0. The summed E-state index contributed by atoms with van der Waals surface area (Å²) in [6.07, 6.45) is 2.83. The molecule has 0 amide bonds. The second kappa shape index (κ2) is 7.38. The van der Waals surface area contributed by atoms with Gasteiger partial charge in [-0.25, -0.2) is 17.1 Å². The van der Waals surface area contributed by atoms with E-state index in [1.54, 1.807) is 16.4 Å². The quantitative estimate of drug-likeness (QED) is 0.799. The topological polar surface area (TPSA) is 40.6 Å². The summed E-state index contributed by atoms with van der Waals surface area (Å²) in [4.78, 5) is 4.00. The van der Waals surface area contributed by atoms with Gasteiger partial charge in [-0.15, -0.1) is 11.3 Å². The Hall–Kier alpha value is -1.28. The molecule has 7 heteroatoms. The van der Waals surface area contributed by atoms with Crippen LogP contribution < -0.4 is 0 Å². The van der Waals surface area contributed by atoms with Gasteiger partial charge in [0.2, 0.25) is 10.0 Å². The number of fused-ring (bicyclic) bond motifs is 1. The molecule has 0 N–H and O–H groups in total. The number of piperidine rings is 1. The molecule has 2 aliphatic heterocycles. The van der Waals surface area contributed by atoms with Crippen LogP contribution in [0.15, 0.2) is 35.7 Å². The van der Waals surface area contributed by atoms with Crippen LogP contribution in [0.5, 0.6) is 0 Å². The highest BCUT2D eigenvalue weighted by Crippen LogP contribution is 2.29. The SMILES string of the molecule is O=S(=O)(Cc1cccc(F)c1)N1CCC(N2CCc3sccc3C2)CC1. The summed E-state index contributed by atoms with van der Waals surface area (Å²) in [7, 11) is -3.40. The minimum atomic E-state index is -3.40. The van der Waals surface area contributed by atoms with Crippen molar-refractivity contribution < 1.29 is 12.8 Å². The summed E-state index contributed by atoms with van der Waals surface area (Å²) < 4.78 is 40.2. The monoisotopic (exact) mass is 394 g/mol. The molecule has 0 atom stereocenters. The van der Waals surface area contributed by atoms with Gasteiger partial charge in [0.1, 0.15) is 5.82 Å². The smallest absolute Gasteiger partial charge is 0.218 e. The fraction of sp³-hybridized carbons (Fsp3) is 0.474. The van der Waals surface area contributed by atoms with Crippen LogP contribution in [0, 0.1) is 5.82 Å². The van der Waals surface area contributed by atoms with E-state index in [0.29, 0.717) is 24.7 Å². The van der Waals surface area contributed by atoms with Gasteiger partial charge in [-0.3, -0.25) is 4.90 Å². The molecule has 0 saturated carbocycles. The normalized spacial score (nSPS) is 20.2. The first-order valence-corrected chi connectivity index (χ1v) is 11.5. The first-order valence-electron chi connectivity index (χ1n) is 9.03. The van der Waals surface area contributed by atoms with Crippen LogP contribution in [0.3, 0.4) is 0 Å². The molecule has 1 aromatic carbocycles. The van der Waals surface area contributed by atoms with Crippen molar-refractivity contribution in [2.45, 2.75) is 37.6 Å². The predicted octanol–water partition coefficient (Wildman–Crippen LogP) is 3.24. The molecule has 0 aliphatic carbocycles. The number of thiophene rings is 1. The number of nitrogens with zero attached hydrogens (tertiary/aromatic N) is 2. The van der Waals surface area contributed by atoms with E-state index < -0.39 is 15.8 Å². The number of hydrogen-bond acceptors (Lipinski definition) is 4. The van der Waals surface area contributed by atoms with Gasteiger partial charge in [0.25, 0.3) is 0 Å². The van der Waals surface area contributed by atoms with Gasteiger partial charge >= 0.3 is 0 Å². The third-order valence-electron chi connectivity index (χ3n) is 5.41. The zero-order valence-electron chi connectivity index (χ0n) is 14.6. The summed E-state index contributed by atoms with van der Waals surface area (Å²) in [6, 6.07) is 8.52. The highest BCUT2D eigenvalue weighted by molar-refractivity contribution is 7.88. The van der Waals surface area contributed by atoms with E-state index in [0.717, 1.165) is 32.4 Å². The van der Waals surface area contributed by atoms with Gasteiger partial charge < -0.3 is 0 Å². The fourth-order valence-corrected chi connectivity index (χ4v) is 6.44. The number of halogens is 1. The molecule has 2 aliphatic rings. The Balaban J connectivity index is 1.36. The van der Waals surface area contributed by atoms with E-state index in [2.05, 4.69) is 16.3 Å². The molecule has 3 heterocycles. The number of rotatable bonds is 4. The van der Waals surface area contributed by atoms with E-state index >= 15 is 0 Å². The molecule has 1 fully saturated rings. The van der Waals surface area contributed by atoms with Crippen molar-refractivity contribution in [1.29, 1.82) is 0 Å². The number of hydrogen-bond donors (Lipinski definition) is 0. The molecule has 0 bridgehead atoms. The van der Waals surface area contributed by atoms with Gasteiger partial charge in [-0.1, -0.05) is 12.1 Å². The first kappa shape index (κ1) is 18.1.